The molecule has 4 nitrogen and oxygen atoms in total. The van der Waals surface area contributed by atoms with Crippen LogP contribution in [-0.4, -0.2) is 23.7 Å². The van der Waals surface area contributed by atoms with Crippen LogP contribution >= 0.6 is 0 Å². The van der Waals surface area contributed by atoms with Gasteiger partial charge in [-0.3, -0.25) is 4.79 Å². The zero-order valence-corrected chi connectivity index (χ0v) is 8.28. The van der Waals surface area contributed by atoms with Gasteiger partial charge in [0.1, 0.15) is 0 Å². The van der Waals surface area contributed by atoms with Crippen LogP contribution < -0.4 is 10.6 Å². The summed E-state index contributed by atoms with van der Waals surface area (Å²) in [5.74, 6) is -2.59. The zero-order valence-electron chi connectivity index (χ0n) is 8.28. The van der Waals surface area contributed by atoms with Gasteiger partial charge in [0, 0.05) is 0 Å². The summed E-state index contributed by atoms with van der Waals surface area (Å²) in [5, 5.41) is 9.27. The van der Waals surface area contributed by atoms with Crippen molar-refractivity contribution in [2.45, 2.75) is 12.5 Å². The minimum atomic E-state index is -1.17. The van der Waals surface area contributed by atoms with Crippen LogP contribution in [0.4, 0.5) is 20.2 Å². The number of carbonyl (C=O) groups is 1. The first-order valence-electron chi connectivity index (χ1n) is 4.72. The molecule has 0 bridgehead atoms. The molecule has 1 atom stereocenters. The van der Waals surface area contributed by atoms with Gasteiger partial charge < -0.3 is 15.7 Å². The molecule has 1 saturated heterocycles. The molecule has 1 aliphatic heterocycles. The van der Waals surface area contributed by atoms with E-state index in [4.69, 9.17) is 5.73 Å². The first kappa shape index (κ1) is 10.8. The summed E-state index contributed by atoms with van der Waals surface area (Å²) in [7, 11) is 0. The molecular formula is C10H10F2N2O2. The lowest BCUT2D eigenvalue weighted by Crippen LogP contribution is -2.26. The number of aliphatic hydroxyl groups is 1. The van der Waals surface area contributed by atoms with Crippen molar-refractivity contribution in [3.05, 3.63) is 23.8 Å². The second-order valence-corrected chi connectivity index (χ2v) is 3.66. The Balaban J connectivity index is 2.42. The van der Waals surface area contributed by atoms with Crippen molar-refractivity contribution >= 4 is 17.3 Å². The normalized spacial score (nSPS) is 20.6. The van der Waals surface area contributed by atoms with E-state index in [0.29, 0.717) is 0 Å². The summed E-state index contributed by atoms with van der Waals surface area (Å²) in [6.07, 6.45) is -0.821. The Labute approximate surface area is 90.3 Å². The fourth-order valence-electron chi connectivity index (χ4n) is 1.71. The molecule has 1 unspecified atom stereocenters. The highest BCUT2D eigenvalue weighted by atomic mass is 19.2. The average molecular weight is 228 g/mol. The van der Waals surface area contributed by atoms with Gasteiger partial charge in [0.2, 0.25) is 5.91 Å². The van der Waals surface area contributed by atoms with Crippen molar-refractivity contribution < 1.29 is 18.7 Å². The first-order valence-corrected chi connectivity index (χ1v) is 4.72. The van der Waals surface area contributed by atoms with Crippen molar-refractivity contribution in [3.8, 4) is 0 Å². The van der Waals surface area contributed by atoms with Crippen molar-refractivity contribution in [2.75, 3.05) is 17.2 Å². The molecule has 3 N–H and O–H groups in total. The molecule has 1 aromatic carbocycles. The van der Waals surface area contributed by atoms with Crippen molar-refractivity contribution in [3.63, 3.8) is 0 Å². The molecule has 1 aromatic rings. The molecule has 86 valence electrons. The Bertz CT molecular complexity index is 451. The van der Waals surface area contributed by atoms with E-state index >= 15 is 0 Å². The highest BCUT2D eigenvalue weighted by molar-refractivity contribution is 5.98. The molecule has 0 radical (unpaired) electrons. The number of nitrogens with two attached hydrogens (primary N) is 1. The van der Waals surface area contributed by atoms with Crippen LogP contribution in [0.3, 0.4) is 0 Å². The molecule has 1 heterocycles. The maximum Gasteiger partial charge on any atom is 0.229 e. The highest BCUT2D eigenvalue weighted by Gasteiger charge is 2.31. The quantitative estimate of drug-likeness (QED) is 0.693. The van der Waals surface area contributed by atoms with Crippen molar-refractivity contribution in [2.24, 2.45) is 0 Å². The SMILES string of the molecule is Nc1c(N2CC(O)CC2=O)ccc(F)c1F. The summed E-state index contributed by atoms with van der Waals surface area (Å²) in [4.78, 5) is 12.6. The Morgan fingerprint density at radius 1 is 1.44 bits per heavy atom. The fraction of sp³-hybridized carbons (Fsp3) is 0.300. The number of β-amino-alcohol motifs (C(OH)–C–C–N with tert-alkyl or cyclic N) is 1. The Morgan fingerprint density at radius 3 is 2.69 bits per heavy atom. The second-order valence-electron chi connectivity index (χ2n) is 3.66. The molecule has 0 spiro atoms. The molecule has 6 heteroatoms. The monoisotopic (exact) mass is 228 g/mol. The number of amides is 1. The first-order chi connectivity index (χ1) is 7.50. The van der Waals surface area contributed by atoms with Crippen LogP contribution in [0.5, 0.6) is 0 Å². The zero-order chi connectivity index (χ0) is 11.9. The number of hydrogen-bond donors (Lipinski definition) is 2. The van der Waals surface area contributed by atoms with E-state index in [0.717, 1.165) is 11.0 Å². The number of halogens is 2. The third-order valence-corrected chi connectivity index (χ3v) is 2.51. The molecule has 1 fully saturated rings. The largest absolute Gasteiger partial charge is 0.395 e. The number of hydrogen-bond acceptors (Lipinski definition) is 3. The molecule has 1 amide bonds. The van der Waals surface area contributed by atoms with Crippen molar-refractivity contribution in [1.82, 2.24) is 0 Å². The lowest BCUT2D eigenvalue weighted by molar-refractivity contribution is -0.117. The van der Waals surface area contributed by atoms with Gasteiger partial charge in [-0.15, -0.1) is 0 Å². The summed E-state index contributed by atoms with van der Waals surface area (Å²) >= 11 is 0. The van der Waals surface area contributed by atoms with Gasteiger partial charge in [-0.05, 0) is 12.1 Å². The molecule has 1 aliphatic rings. The molecular weight excluding hydrogens is 218 g/mol. The van der Waals surface area contributed by atoms with E-state index in [1.165, 1.54) is 6.07 Å². The van der Waals surface area contributed by atoms with Gasteiger partial charge in [-0.2, -0.15) is 0 Å². The summed E-state index contributed by atoms with van der Waals surface area (Å²) in [6.45, 7) is 0.0497. The van der Waals surface area contributed by atoms with Crippen molar-refractivity contribution in [1.29, 1.82) is 0 Å². The standard InChI is InChI=1S/C10H10F2N2O2/c11-6-1-2-7(10(13)9(6)12)14-4-5(15)3-8(14)16/h1-2,5,15H,3-4,13H2. The van der Waals surface area contributed by atoms with Gasteiger partial charge in [-0.1, -0.05) is 0 Å². The Kier molecular flexibility index (Phi) is 2.51. The summed E-state index contributed by atoms with van der Waals surface area (Å²) in [5.41, 5.74) is 5.06. The minimum Gasteiger partial charge on any atom is -0.395 e. The molecule has 16 heavy (non-hydrogen) atoms. The fourth-order valence-corrected chi connectivity index (χ4v) is 1.71. The average Bonchev–Trinajstić information content (AvgIpc) is 2.55. The number of rotatable bonds is 1. The number of nitrogens with zero attached hydrogens (tertiary/aromatic N) is 1. The van der Waals surface area contributed by atoms with E-state index < -0.39 is 23.4 Å². The minimum absolute atomic E-state index is 0.0293. The third kappa shape index (κ3) is 1.61. The van der Waals surface area contributed by atoms with Gasteiger partial charge in [0.25, 0.3) is 0 Å². The predicted octanol–water partition coefficient (Wildman–Crippen LogP) is 0.645. The maximum atomic E-state index is 13.2. The predicted molar refractivity (Wildman–Crippen MR) is 53.7 cm³/mol. The molecule has 0 saturated carbocycles. The Hall–Kier alpha value is -1.69. The highest BCUT2D eigenvalue weighted by Crippen LogP contribution is 2.30. The van der Waals surface area contributed by atoms with Crippen LogP contribution in [0.2, 0.25) is 0 Å². The summed E-state index contributed by atoms with van der Waals surface area (Å²) in [6, 6.07) is 2.13. The number of nitrogen functional groups attached to an aromatic ring is 1. The molecule has 0 aromatic heterocycles. The van der Waals surface area contributed by atoms with E-state index in [2.05, 4.69) is 0 Å². The van der Waals surface area contributed by atoms with Gasteiger partial charge in [-0.25, -0.2) is 8.78 Å². The number of benzene rings is 1. The third-order valence-electron chi connectivity index (χ3n) is 2.51. The van der Waals surface area contributed by atoms with E-state index in [1.807, 2.05) is 0 Å². The van der Waals surface area contributed by atoms with Gasteiger partial charge in [0.05, 0.1) is 30.4 Å². The summed E-state index contributed by atoms with van der Waals surface area (Å²) < 4.78 is 26.0. The van der Waals surface area contributed by atoms with E-state index in [9.17, 15) is 18.7 Å². The van der Waals surface area contributed by atoms with Crippen LogP contribution in [-0.2, 0) is 4.79 Å². The lowest BCUT2D eigenvalue weighted by atomic mass is 10.2. The Morgan fingerprint density at radius 2 is 2.12 bits per heavy atom. The van der Waals surface area contributed by atoms with Gasteiger partial charge in [0.15, 0.2) is 11.6 Å². The molecule has 0 aliphatic carbocycles. The van der Waals surface area contributed by atoms with Crippen LogP contribution in [0.15, 0.2) is 12.1 Å². The lowest BCUT2D eigenvalue weighted by Gasteiger charge is -2.18. The topological polar surface area (TPSA) is 66.6 Å². The van der Waals surface area contributed by atoms with Crippen LogP contribution in [0.25, 0.3) is 0 Å². The van der Waals surface area contributed by atoms with Gasteiger partial charge >= 0.3 is 0 Å². The van der Waals surface area contributed by atoms with E-state index in [-0.39, 0.29) is 24.6 Å². The number of anilines is 2. The molecule has 2 rings (SSSR count). The van der Waals surface area contributed by atoms with Crippen LogP contribution in [0.1, 0.15) is 6.42 Å². The van der Waals surface area contributed by atoms with Crippen LogP contribution in [0, 0.1) is 11.6 Å². The maximum absolute atomic E-state index is 13.2. The second kappa shape index (κ2) is 3.71. The number of carbonyl (C=O) groups excluding carboxylic acids is 1. The smallest absolute Gasteiger partial charge is 0.229 e. The number of aliphatic hydroxyl groups excluding tert-OH is 1. The van der Waals surface area contributed by atoms with E-state index in [1.54, 1.807) is 0 Å².